The van der Waals surface area contributed by atoms with Gasteiger partial charge in [-0.2, -0.15) is 8.42 Å². The Kier molecular flexibility index (Phi) is 4.23. The summed E-state index contributed by atoms with van der Waals surface area (Å²) in [6, 6.07) is 1.77. The van der Waals surface area contributed by atoms with Crippen LogP contribution in [0.2, 0.25) is 0 Å². The molecule has 0 aliphatic rings. The molecule has 0 atom stereocenters. The maximum absolute atomic E-state index is 13.7. The topological polar surface area (TPSA) is 72.5 Å². The predicted octanol–water partition coefficient (Wildman–Crippen LogP) is 1.65. The number of rotatable bonds is 4. The van der Waals surface area contributed by atoms with E-state index < -0.39 is 39.2 Å². The van der Waals surface area contributed by atoms with E-state index in [1.54, 1.807) is 0 Å². The Hall–Kier alpha value is -1.70. The van der Waals surface area contributed by atoms with Gasteiger partial charge in [0.15, 0.2) is 11.6 Å². The van der Waals surface area contributed by atoms with Crippen LogP contribution in [0, 0.1) is 11.6 Å². The molecule has 0 saturated heterocycles. The van der Waals surface area contributed by atoms with Gasteiger partial charge in [-0.1, -0.05) is 0 Å². The van der Waals surface area contributed by atoms with Crippen LogP contribution in [0.3, 0.4) is 0 Å². The van der Waals surface area contributed by atoms with Crippen LogP contribution in [0.4, 0.5) is 14.5 Å². The number of amides is 1. The molecular formula is C10H11F2NO4S. The lowest BCUT2D eigenvalue weighted by atomic mass is 10.2. The molecule has 0 saturated carbocycles. The number of benzene rings is 1. The van der Waals surface area contributed by atoms with Crippen LogP contribution in [-0.2, 0) is 14.9 Å². The fourth-order valence-corrected chi connectivity index (χ4v) is 1.61. The van der Waals surface area contributed by atoms with E-state index in [4.69, 9.17) is 0 Å². The SMILES string of the molecule is CCS(=O)(=O)Oc1c(F)ccc(NC(C)=O)c1F. The van der Waals surface area contributed by atoms with Gasteiger partial charge in [-0.05, 0) is 19.1 Å². The Morgan fingerprint density at radius 3 is 2.50 bits per heavy atom. The van der Waals surface area contributed by atoms with Gasteiger partial charge in [0.25, 0.3) is 0 Å². The van der Waals surface area contributed by atoms with E-state index in [0.717, 1.165) is 19.1 Å². The molecule has 0 radical (unpaired) electrons. The number of hydrogen-bond donors (Lipinski definition) is 1. The zero-order valence-corrected chi connectivity index (χ0v) is 10.5. The van der Waals surface area contributed by atoms with Gasteiger partial charge in [0, 0.05) is 6.92 Å². The smallest absolute Gasteiger partial charge is 0.309 e. The molecule has 1 aromatic rings. The van der Waals surface area contributed by atoms with Crippen molar-refractivity contribution in [3.8, 4) is 5.75 Å². The molecule has 0 unspecified atom stereocenters. The Balaban J connectivity index is 3.22. The van der Waals surface area contributed by atoms with Crippen molar-refractivity contribution in [2.24, 2.45) is 0 Å². The lowest BCUT2D eigenvalue weighted by molar-refractivity contribution is -0.114. The average molecular weight is 279 g/mol. The molecule has 1 aromatic carbocycles. The number of nitrogens with one attached hydrogen (secondary N) is 1. The fraction of sp³-hybridized carbons (Fsp3) is 0.300. The van der Waals surface area contributed by atoms with Crippen molar-refractivity contribution in [3.05, 3.63) is 23.8 Å². The summed E-state index contributed by atoms with van der Waals surface area (Å²) in [5.74, 6) is -4.51. The van der Waals surface area contributed by atoms with E-state index in [0.29, 0.717) is 0 Å². The van der Waals surface area contributed by atoms with Crippen molar-refractivity contribution >= 4 is 21.7 Å². The molecule has 1 rings (SSSR count). The van der Waals surface area contributed by atoms with E-state index in [-0.39, 0.29) is 5.69 Å². The third-order valence-corrected chi connectivity index (χ3v) is 3.05. The summed E-state index contributed by atoms with van der Waals surface area (Å²) in [7, 11) is -4.06. The lowest BCUT2D eigenvalue weighted by Gasteiger charge is -2.10. The summed E-state index contributed by atoms with van der Waals surface area (Å²) in [6.45, 7) is 2.40. The minimum absolute atomic E-state index is 0.356. The van der Waals surface area contributed by atoms with E-state index in [1.807, 2.05) is 0 Å². The minimum atomic E-state index is -4.06. The third kappa shape index (κ3) is 3.39. The van der Waals surface area contributed by atoms with Gasteiger partial charge >= 0.3 is 10.1 Å². The number of anilines is 1. The number of carbonyl (C=O) groups is 1. The molecule has 0 aliphatic heterocycles. The summed E-state index contributed by atoms with van der Waals surface area (Å²) < 4.78 is 53.6. The number of hydrogen-bond acceptors (Lipinski definition) is 4. The average Bonchev–Trinajstić information content (AvgIpc) is 2.28. The molecule has 100 valence electrons. The zero-order valence-electron chi connectivity index (χ0n) is 9.66. The first-order valence-electron chi connectivity index (χ1n) is 4.94. The molecule has 0 aromatic heterocycles. The van der Waals surface area contributed by atoms with Crippen molar-refractivity contribution in [1.29, 1.82) is 0 Å². The summed E-state index contributed by atoms with van der Waals surface area (Å²) in [5.41, 5.74) is -0.356. The van der Waals surface area contributed by atoms with Crippen molar-refractivity contribution in [2.45, 2.75) is 13.8 Å². The van der Waals surface area contributed by atoms with Gasteiger partial charge in [0.05, 0.1) is 11.4 Å². The Labute approximate surface area is 103 Å². The van der Waals surface area contributed by atoms with Gasteiger partial charge in [0.2, 0.25) is 11.7 Å². The van der Waals surface area contributed by atoms with Crippen LogP contribution in [0.15, 0.2) is 12.1 Å². The zero-order chi connectivity index (χ0) is 13.9. The Morgan fingerprint density at radius 2 is 2.00 bits per heavy atom. The van der Waals surface area contributed by atoms with Crippen LogP contribution >= 0.6 is 0 Å². The summed E-state index contributed by atoms with van der Waals surface area (Å²) in [6.07, 6.45) is 0. The Bertz CT molecular complexity index is 571. The summed E-state index contributed by atoms with van der Waals surface area (Å²) in [5, 5.41) is 2.09. The molecule has 1 N–H and O–H groups in total. The van der Waals surface area contributed by atoms with Crippen LogP contribution in [0.1, 0.15) is 13.8 Å². The summed E-state index contributed by atoms with van der Waals surface area (Å²) >= 11 is 0. The second-order valence-corrected chi connectivity index (χ2v) is 5.21. The molecule has 18 heavy (non-hydrogen) atoms. The van der Waals surface area contributed by atoms with Crippen molar-refractivity contribution < 1.29 is 26.2 Å². The first kappa shape index (κ1) is 14.4. The monoisotopic (exact) mass is 279 g/mol. The number of halogens is 2. The fourth-order valence-electron chi connectivity index (χ4n) is 1.08. The van der Waals surface area contributed by atoms with Gasteiger partial charge in [-0.25, -0.2) is 8.78 Å². The molecular weight excluding hydrogens is 268 g/mol. The highest BCUT2D eigenvalue weighted by Crippen LogP contribution is 2.29. The lowest BCUT2D eigenvalue weighted by Crippen LogP contribution is -2.15. The second kappa shape index (κ2) is 5.30. The van der Waals surface area contributed by atoms with Gasteiger partial charge in [0.1, 0.15) is 0 Å². The minimum Gasteiger partial charge on any atom is -0.376 e. The molecule has 0 heterocycles. The van der Waals surface area contributed by atoms with Crippen LogP contribution < -0.4 is 9.50 Å². The van der Waals surface area contributed by atoms with Crippen LogP contribution in [0.25, 0.3) is 0 Å². The van der Waals surface area contributed by atoms with E-state index in [2.05, 4.69) is 9.50 Å². The highest BCUT2D eigenvalue weighted by Gasteiger charge is 2.21. The highest BCUT2D eigenvalue weighted by molar-refractivity contribution is 7.87. The van der Waals surface area contributed by atoms with Crippen molar-refractivity contribution in [3.63, 3.8) is 0 Å². The first-order chi connectivity index (χ1) is 8.26. The highest BCUT2D eigenvalue weighted by atomic mass is 32.2. The normalized spacial score (nSPS) is 11.1. The second-order valence-electron chi connectivity index (χ2n) is 3.35. The van der Waals surface area contributed by atoms with E-state index in [1.165, 1.54) is 6.92 Å². The predicted molar refractivity (Wildman–Crippen MR) is 60.8 cm³/mol. The number of carbonyl (C=O) groups excluding carboxylic acids is 1. The molecule has 8 heteroatoms. The molecule has 5 nitrogen and oxygen atoms in total. The molecule has 0 spiro atoms. The maximum atomic E-state index is 13.7. The molecule has 0 bridgehead atoms. The van der Waals surface area contributed by atoms with Crippen LogP contribution in [0.5, 0.6) is 5.75 Å². The molecule has 0 aliphatic carbocycles. The third-order valence-electron chi connectivity index (χ3n) is 1.92. The quantitative estimate of drug-likeness (QED) is 0.851. The van der Waals surface area contributed by atoms with E-state index >= 15 is 0 Å². The standard InChI is InChI=1S/C10H11F2NO4S/c1-3-18(15,16)17-10-7(11)4-5-8(9(10)12)13-6(2)14/h4-5H,3H2,1-2H3,(H,13,14). The first-order valence-corrected chi connectivity index (χ1v) is 6.52. The van der Waals surface area contributed by atoms with Crippen LogP contribution in [-0.4, -0.2) is 20.1 Å². The van der Waals surface area contributed by atoms with Gasteiger partial charge < -0.3 is 9.50 Å². The van der Waals surface area contributed by atoms with Crippen molar-refractivity contribution in [2.75, 3.05) is 11.1 Å². The largest absolute Gasteiger partial charge is 0.376 e. The van der Waals surface area contributed by atoms with E-state index in [9.17, 15) is 22.0 Å². The van der Waals surface area contributed by atoms with Gasteiger partial charge in [-0.3, -0.25) is 4.79 Å². The summed E-state index contributed by atoms with van der Waals surface area (Å²) in [4.78, 5) is 10.8. The molecule has 1 amide bonds. The molecule has 0 fully saturated rings. The Morgan fingerprint density at radius 1 is 1.39 bits per heavy atom. The maximum Gasteiger partial charge on any atom is 0.309 e. The van der Waals surface area contributed by atoms with Crippen molar-refractivity contribution in [1.82, 2.24) is 0 Å². The van der Waals surface area contributed by atoms with Gasteiger partial charge in [-0.15, -0.1) is 0 Å².